The molecule has 0 unspecified atom stereocenters. The number of ether oxygens (including phenoxy) is 1. The van der Waals surface area contributed by atoms with E-state index in [2.05, 4.69) is 6.92 Å². The van der Waals surface area contributed by atoms with Crippen molar-refractivity contribution < 1.29 is 9.53 Å². The fourth-order valence-electron chi connectivity index (χ4n) is 1.70. The topological polar surface area (TPSA) is 29.5 Å². The summed E-state index contributed by atoms with van der Waals surface area (Å²) < 4.78 is 5.25. The second-order valence-electron chi connectivity index (χ2n) is 4.36. The number of rotatable bonds is 6. The van der Waals surface area contributed by atoms with Crippen LogP contribution in [-0.2, 0) is 6.42 Å². The Kier molecular flexibility index (Phi) is 5.16. The zero-order valence-electron chi connectivity index (χ0n) is 11.1. The van der Waals surface area contributed by atoms with Gasteiger partial charge in [-0.2, -0.15) is 0 Å². The van der Waals surface area contributed by atoms with Crippen molar-refractivity contribution in [1.29, 1.82) is 0 Å². The maximum atomic E-state index is 11.9. The second kappa shape index (κ2) is 6.40. The van der Waals surface area contributed by atoms with Crippen LogP contribution in [0.2, 0.25) is 0 Å². The number of hydrogen-bond acceptors (Lipinski definition) is 3. The Morgan fingerprint density at radius 2 is 2.06 bits per heavy atom. The van der Waals surface area contributed by atoms with E-state index in [4.69, 9.17) is 4.74 Å². The molecule has 0 spiro atoms. The SMILES string of the molecule is CCc1cc(C(=O)CCN(C)C)ccc1OC. The van der Waals surface area contributed by atoms with Crippen LogP contribution in [0.15, 0.2) is 18.2 Å². The van der Waals surface area contributed by atoms with Crippen molar-refractivity contribution in [3.05, 3.63) is 29.3 Å². The molecule has 1 aromatic carbocycles. The van der Waals surface area contributed by atoms with E-state index in [9.17, 15) is 4.79 Å². The molecule has 0 atom stereocenters. The highest BCUT2D eigenvalue weighted by atomic mass is 16.5. The van der Waals surface area contributed by atoms with Gasteiger partial charge in [-0.25, -0.2) is 0 Å². The minimum absolute atomic E-state index is 0.191. The predicted molar refractivity (Wildman–Crippen MR) is 69.9 cm³/mol. The first-order valence-electron chi connectivity index (χ1n) is 5.93. The Morgan fingerprint density at radius 3 is 2.59 bits per heavy atom. The van der Waals surface area contributed by atoms with Crippen LogP contribution in [0, 0.1) is 0 Å². The standard InChI is InChI=1S/C14H21NO2/c1-5-11-10-12(6-7-14(11)17-4)13(16)8-9-15(2)3/h6-7,10H,5,8-9H2,1-4H3. The van der Waals surface area contributed by atoms with E-state index in [1.165, 1.54) is 0 Å². The van der Waals surface area contributed by atoms with Gasteiger partial charge >= 0.3 is 0 Å². The van der Waals surface area contributed by atoms with Crippen LogP contribution in [0.4, 0.5) is 0 Å². The summed E-state index contributed by atoms with van der Waals surface area (Å²) in [5.41, 5.74) is 1.87. The van der Waals surface area contributed by atoms with E-state index in [-0.39, 0.29) is 5.78 Å². The van der Waals surface area contributed by atoms with Crippen LogP contribution in [0.3, 0.4) is 0 Å². The fraction of sp³-hybridized carbons (Fsp3) is 0.500. The Morgan fingerprint density at radius 1 is 1.35 bits per heavy atom. The van der Waals surface area contributed by atoms with Gasteiger partial charge in [-0.15, -0.1) is 0 Å². The summed E-state index contributed by atoms with van der Waals surface area (Å²) in [5.74, 6) is 1.05. The number of nitrogens with zero attached hydrogens (tertiary/aromatic N) is 1. The van der Waals surface area contributed by atoms with Crippen molar-refractivity contribution in [1.82, 2.24) is 4.90 Å². The molecule has 0 aliphatic heterocycles. The Hall–Kier alpha value is -1.35. The summed E-state index contributed by atoms with van der Waals surface area (Å²) in [7, 11) is 5.60. The Bertz CT molecular complexity index is 386. The van der Waals surface area contributed by atoms with Crippen molar-refractivity contribution in [2.45, 2.75) is 19.8 Å². The van der Waals surface area contributed by atoms with Crippen LogP contribution in [0.5, 0.6) is 5.75 Å². The first kappa shape index (κ1) is 13.7. The van der Waals surface area contributed by atoms with E-state index < -0.39 is 0 Å². The molecule has 0 aliphatic rings. The lowest BCUT2D eigenvalue weighted by Crippen LogP contribution is -2.16. The van der Waals surface area contributed by atoms with Gasteiger partial charge < -0.3 is 9.64 Å². The van der Waals surface area contributed by atoms with E-state index in [0.29, 0.717) is 6.42 Å². The molecule has 1 aromatic rings. The quantitative estimate of drug-likeness (QED) is 0.709. The molecule has 0 fully saturated rings. The molecule has 1 rings (SSSR count). The minimum atomic E-state index is 0.191. The lowest BCUT2D eigenvalue weighted by Gasteiger charge is -2.10. The molecule has 3 heteroatoms. The first-order chi connectivity index (χ1) is 8.08. The van der Waals surface area contributed by atoms with E-state index in [1.807, 2.05) is 37.2 Å². The van der Waals surface area contributed by atoms with Gasteiger partial charge in [0.1, 0.15) is 5.75 Å². The predicted octanol–water partition coefficient (Wildman–Crippen LogP) is 2.39. The summed E-state index contributed by atoms with van der Waals surface area (Å²) in [4.78, 5) is 14.0. The lowest BCUT2D eigenvalue weighted by molar-refractivity contribution is 0.0972. The number of aryl methyl sites for hydroxylation is 1. The molecular formula is C14H21NO2. The zero-order valence-corrected chi connectivity index (χ0v) is 11.1. The van der Waals surface area contributed by atoms with Crippen molar-refractivity contribution in [3.63, 3.8) is 0 Å². The minimum Gasteiger partial charge on any atom is -0.496 e. The van der Waals surface area contributed by atoms with Gasteiger partial charge in [-0.1, -0.05) is 6.92 Å². The van der Waals surface area contributed by atoms with Crippen LogP contribution < -0.4 is 4.74 Å². The molecule has 0 saturated carbocycles. The molecule has 0 N–H and O–H groups in total. The molecule has 0 amide bonds. The Balaban J connectivity index is 2.81. The maximum Gasteiger partial charge on any atom is 0.164 e. The number of methoxy groups -OCH3 is 1. The fourth-order valence-corrected chi connectivity index (χ4v) is 1.70. The van der Waals surface area contributed by atoms with Gasteiger partial charge in [0, 0.05) is 18.5 Å². The highest BCUT2D eigenvalue weighted by Crippen LogP contribution is 2.21. The van der Waals surface area contributed by atoms with Crippen molar-refractivity contribution >= 4 is 5.78 Å². The molecule has 0 aliphatic carbocycles. The summed E-state index contributed by atoms with van der Waals surface area (Å²) in [6, 6.07) is 5.66. The number of Topliss-reactive ketones (excluding diaryl/α,β-unsaturated/α-hetero) is 1. The number of ketones is 1. The first-order valence-corrected chi connectivity index (χ1v) is 5.93. The molecule has 3 nitrogen and oxygen atoms in total. The van der Waals surface area contributed by atoms with Gasteiger partial charge in [0.25, 0.3) is 0 Å². The molecule has 0 heterocycles. The van der Waals surface area contributed by atoms with E-state index in [1.54, 1.807) is 7.11 Å². The lowest BCUT2D eigenvalue weighted by atomic mass is 10.0. The van der Waals surface area contributed by atoms with Crippen molar-refractivity contribution in [2.24, 2.45) is 0 Å². The van der Waals surface area contributed by atoms with Crippen molar-refractivity contribution in [3.8, 4) is 5.75 Å². The van der Waals surface area contributed by atoms with Crippen LogP contribution in [0.25, 0.3) is 0 Å². The largest absolute Gasteiger partial charge is 0.496 e. The molecule has 0 saturated heterocycles. The third-order valence-corrected chi connectivity index (χ3v) is 2.77. The Labute approximate surface area is 103 Å². The van der Waals surface area contributed by atoms with Crippen LogP contribution in [-0.4, -0.2) is 38.4 Å². The second-order valence-corrected chi connectivity index (χ2v) is 4.36. The summed E-state index contributed by atoms with van der Waals surface area (Å²) >= 11 is 0. The van der Waals surface area contributed by atoms with Crippen molar-refractivity contribution in [2.75, 3.05) is 27.7 Å². The van der Waals surface area contributed by atoms with Gasteiger partial charge in [0.2, 0.25) is 0 Å². The molecule has 94 valence electrons. The smallest absolute Gasteiger partial charge is 0.164 e. The molecule has 17 heavy (non-hydrogen) atoms. The average Bonchev–Trinajstić information content (AvgIpc) is 2.34. The normalized spacial score (nSPS) is 10.6. The average molecular weight is 235 g/mol. The van der Waals surface area contributed by atoms with Gasteiger partial charge in [-0.3, -0.25) is 4.79 Å². The van der Waals surface area contributed by atoms with E-state index >= 15 is 0 Å². The maximum absolute atomic E-state index is 11.9. The highest BCUT2D eigenvalue weighted by Gasteiger charge is 2.09. The van der Waals surface area contributed by atoms with Crippen LogP contribution in [0.1, 0.15) is 29.3 Å². The summed E-state index contributed by atoms with van der Waals surface area (Å²) in [6.45, 7) is 2.85. The number of benzene rings is 1. The highest BCUT2D eigenvalue weighted by molar-refractivity contribution is 5.96. The van der Waals surface area contributed by atoms with Gasteiger partial charge in [0.15, 0.2) is 5.78 Å². The molecule has 0 bridgehead atoms. The third-order valence-electron chi connectivity index (χ3n) is 2.77. The number of carbonyl (C=O) groups is 1. The van der Waals surface area contributed by atoms with Crippen LogP contribution >= 0.6 is 0 Å². The molecule has 0 aromatic heterocycles. The third kappa shape index (κ3) is 3.86. The van der Waals surface area contributed by atoms with E-state index in [0.717, 1.165) is 29.8 Å². The number of carbonyl (C=O) groups excluding carboxylic acids is 1. The number of hydrogen-bond donors (Lipinski definition) is 0. The molecular weight excluding hydrogens is 214 g/mol. The summed E-state index contributed by atoms with van der Waals surface area (Å²) in [6.07, 6.45) is 1.43. The monoisotopic (exact) mass is 235 g/mol. The molecule has 0 radical (unpaired) electrons. The van der Waals surface area contributed by atoms with Gasteiger partial charge in [-0.05, 0) is 44.3 Å². The van der Waals surface area contributed by atoms with Gasteiger partial charge in [0.05, 0.1) is 7.11 Å². The zero-order chi connectivity index (χ0) is 12.8. The summed E-state index contributed by atoms with van der Waals surface area (Å²) in [5, 5.41) is 0.